The van der Waals surface area contributed by atoms with E-state index in [9.17, 15) is 9.59 Å². The molecule has 0 radical (unpaired) electrons. The van der Waals surface area contributed by atoms with Gasteiger partial charge in [-0.05, 0) is 48.5 Å². The average Bonchev–Trinajstić information content (AvgIpc) is 3.39. The second-order valence-electron chi connectivity index (χ2n) is 7.97. The Morgan fingerprint density at radius 1 is 0.919 bits per heavy atom. The number of aromatic nitrogens is 2. The van der Waals surface area contributed by atoms with Crippen LogP contribution in [0, 0.1) is 0 Å². The topological polar surface area (TPSA) is 90.4 Å². The Morgan fingerprint density at radius 2 is 1.73 bits per heavy atom. The van der Waals surface area contributed by atoms with Gasteiger partial charge in [-0.3, -0.25) is 10.1 Å². The van der Waals surface area contributed by atoms with Crippen molar-refractivity contribution >= 4 is 55.2 Å². The maximum Gasteiger partial charge on any atom is 0.339 e. The molecule has 0 spiro atoms. The Kier molecular flexibility index (Phi) is 7.25. The van der Waals surface area contributed by atoms with Crippen LogP contribution in [-0.2, 0) is 9.53 Å². The van der Waals surface area contributed by atoms with E-state index in [1.54, 1.807) is 19.2 Å². The van der Waals surface area contributed by atoms with Gasteiger partial charge in [0.1, 0.15) is 5.75 Å². The number of rotatable bonds is 7. The van der Waals surface area contributed by atoms with Gasteiger partial charge in [-0.2, -0.15) is 0 Å². The van der Waals surface area contributed by atoms with Gasteiger partial charge in [-0.25, -0.2) is 14.8 Å². The maximum absolute atomic E-state index is 13.1. The van der Waals surface area contributed by atoms with Gasteiger partial charge in [-0.1, -0.05) is 46.3 Å². The van der Waals surface area contributed by atoms with Crippen LogP contribution in [0.3, 0.4) is 0 Å². The molecule has 5 aromatic rings. The lowest BCUT2D eigenvalue weighted by Gasteiger charge is -2.10. The van der Waals surface area contributed by atoms with E-state index >= 15 is 0 Å². The maximum atomic E-state index is 13.1. The van der Waals surface area contributed by atoms with Crippen LogP contribution >= 0.6 is 27.3 Å². The summed E-state index contributed by atoms with van der Waals surface area (Å²) in [5.74, 6) is -0.367. The molecule has 9 heteroatoms. The highest BCUT2D eigenvalue weighted by molar-refractivity contribution is 9.10. The van der Waals surface area contributed by atoms with E-state index in [4.69, 9.17) is 14.5 Å². The van der Waals surface area contributed by atoms with Crippen molar-refractivity contribution in [2.75, 3.05) is 19.0 Å². The largest absolute Gasteiger partial charge is 0.497 e. The first kappa shape index (κ1) is 24.6. The van der Waals surface area contributed by atoms with Crippen LogP contribution in [0.15, 0.2) is 88.7 Å². The number of benzene rings is 3. The molecule has 0 saturated carbocycles. The van der Waals surface area contributed by atoms with Crippen molar-refractivity contribution in [3.63, 3.8) is 0 Å². The molecule has 0 saturated heterocycles. The van der Waals surface area contributed by atoms with Gasteiger partial charge in [0.2, 0.25) is 0 Å². The molecule has 1 amide bonds. The molecule has 0 bridgehead atoms. The molecule has 0 atom stereocenters. The Labute approximate surface area is 225 Å². The summed E-state index contributed by atoms with van der Waals surface area (Å²) in [6.07, 6.45) is 0. The molecule has 37 heavy (non-hydrogen) atoms. The minimum atomic E-state index is -0.613. The molecule has 0 aliphatic rings. The molecule has 2 heterocycles. The zero-order valence-electron chi connectivity index (χ0n) is 19.6. The van der Waals surface area contributed by atoms with E-state index in [0.29, 0.717) is 27.3 Å². The number of ether oxygens (including phenoxy) is 2. The number of esters is 1. The lowest BCUT2D eigenvalue weighted by molar-refractivity contribution is -0.119. The molecule has 2 aromatic heterocycles. The van der Waals surface area contributed by atoms with Gasteiger partial charge in [0, 0.05) is 26.4 Å². The number of nitrogens with zero attached hydrogens (tertiary/aromatic N) is 2. The number of carbonyl (C=O) groups is 2. The molecule has 0 aliphatic heterocycles. The molecule has 3 aromatic carbocycles. The normalized spacial score (nSPS) is 10.8. The van der Waals surface area contributed by atoms with E-state index < -0.39 is 18.5 Å². The van der Waals surface area contributed by atoms with E-state index in [2.05, 4.69) is 26.2 Å². The standard InChI is InChI=1S/C28H20BrN3O4S/c1-35-20-11-9-17(10-12-20)24-14-22(21-7-2-3-8-23(21)30-24)27(34)36-15-26(33)32-28-31-25(16-37-28)18-5-4-6-19(29)13-18/h2-14,16H,15H2,1H3,(H,31,32,33). The summed E-state index contributed by atoms with van der Waals surface area (Å²) in [4.78, 5) is 34.7. The average molecular weight is 574 g/mol. The minimum Gasteiger partial charge on any atom is -0.497 e. The summed E-state index contributed by atoms with van der Waals surface area (Å²) in [6, 6.07) is 24.1. The number of methoxy groups -OCH3 is 1. The van der Waals surface area contributed by atoms with Gasteiger partial charge in [0.15, 0.2) is 11.7 Å². The zero-order valence-corrected chi connectivity index (χ0v) is 22.0. The van der Waals surface area contributed by atoms with Gasteiger partial charge in [0.05, 0.1) is 29.6 Å². The fourth-order valence-electron chi connectivity index (χ4n) is 3.73. The van der Waals surface area contributed by atoms with Gasteiger partial charge >= 0.3 is 5.97 Å². The smallest absolute Gasteiger partial charge is 0.339 e. The molecule has 0 fully saturated rings. The summed E-state index contributed by atoms with van der Waals surface area (Å²) >= 11 is 4.74. The van der Waals surface area contributed by atoms with Crippen molar-refractivity contribution in [3.8, 4) is 28.3 Å². The summed E-state index contributed by atoms with van der Waals surface area (Å²) in [5, 5.41) is 5.61. The Bertz CT molecular complexity index is 1600. The number of carbonyl (C=O) groups excluding carboxylic acids is 2. The first-order valence-electron chi connectivity index (χ1n) is 11.2. The highest BCUT2D eigenvalue weighted by atomic mass is 79.9. The molecular formula is C28H20BrN3O4S. The molecular weight excluding hydrogens is 554 g/mol. The van der Waals surface area contributed by atoms with Crippen molar-refractivity contribution in [1.29, 1.82) is 0 Å². The highest BCUT2D eigenvalue weighted by Crippen LogP contribution is 2.28. The number of pyridine rings is 1. The zero-order chi connectivity index (χ0) is 25.8. The molecule has 1 N–H and O–H groups in total. The molecule has 5 rings (SSSR count). The van der Waals surface area contributed by atoms with Crippen molar-refractivity contribution in [3.05, 3.63) is 94.3 Å². The van der Waals surface area contributed by atoms with Crippen LogP contribution in [0.4, 0.5) is 5.13 Å². The number of para-hydroxylation sites is 1. The second-order valence-corrected chi connectivity index (χ2v) is 9.75. The number of hydrogen-bond acceptors (Lipinski definition) is 7. The highest BCUT2D eigenvalue weighted by Gasteiger charge is 2.17. The van der Waals surface area contributed by atoms with E-state index in [1.165, 1.54) is 11.3 Å². The fourth-order valence-corrected chi connectivity index (χ4v) is 4.86. The van der Waals surface area contributed by atoms with Crippen molar-refractivity contribution in [2.45, 2.75) is 0 Å². The van der Waals surface area contributed by atoms with Crippen LogP contribution in [0.1, 0.15) is 10.4 Å². The van der Waals surface area contributed by atoms with Crippen molar-refractivity contribution in [2.24, 2.45) is 0 Å². The Balaban J connectivity index is 1.30. The van der Waals surface area contributed by atoms with Crippen LogP contribution < -0.4 is 10.1 Å². The van der Waals surface area contributed by atoms with E-state index in [0.717, 1.165) is 27.0 Å². The number of thiazole rings is 1. The molecule has 0 aliphatic carbocycles. The third-order valence-corrected chi connectivity index (χ3v) is 6.78. The predicted molar refractivity (Wildman–Crippen MR) is 148 cm³/mol. The summed E-state index contributed by atoms with van der Waals surface area (Å²) < 4.78 is 11.5. The lowest BCUT2D eigenvalue weighted by Crippen LogP contribution is -2.21. The summed E-state index contributed by atoms with van der Waals surface area (Å²) in [5.41, 5.74) is 4.08. The third-order valence-electron chi connectivity index (χ3n) is 5.53. The fraction of sp³-hybridized carbons (Fsp3) is 0.0714. The number of halogens is 1. The van der Waals surface area contributed by atoms with Crippen LogP contribution in [0.2, 0.25) is 0 Å². The number of fused-ring (bicyclic) bond motifs is 1. The lowest BCUT2D eigenvalue weighted by atomic mass is 10.0. The van der Waals surface area contributed by atoms with Crippen molar-refractivity contribution < 1.29 is 19.1 Å². The molecule has 0 unspecified atom stereocenters. The molecule has 7 nitrogen and oxygen atoms in total. The molecule has 184 valence electrons. The quantitative estimate of drug-likeness (QED) is 0.221. The third kappa shape index (κ3) is 5.68. The van der Waals surface area contributed by atoms with Crippen molar-refractivity contribution in [1.82, 2.24) is 9.97 Å². The first-order chi connectivity index (χ1) is 18.0. The van der Waals surface area contributed by atoms with Gasteiger partial charge < -0.3 is 9.47 Å². The van der Waals surface area contributed by atoms with E-state index in [1.807, 2.05) is 72.1 Å². The van der Waals surface area contributed by atoms with Crippen LogP contribution in [-0.4, -0.2) is 35.6 Å². The van der Waals surface area contributed by atoms with Gasteiger partial charge in [-0.15, -0.1) is 11.3 Å². The Morgan fingerprint density at radius 3 is 2.51 bits per heavy atom. The second kappa shape index (κ2) is 10.9. The SMILES string of the molecule is COc1ccc(-c2cc(C(=O)OCC(=O)Nc3nc(-c4cccc(Br)c4)cs3)c3ccccc3n2)cc1. The number of anilines is 1. The van der Waals surface area contributed by atoms with Crippen LogP contribution in [0.25, 0.3) is 33.4 Å². The first-order valence-corrected chi connectivity index (χ1v) is 12.9. The number of nitrogens with one attached hydrogen (secondary N) is 1. The van der Waals surface area contributed by atoms with Gasteiger partial charge in [0.25, 0.3) is 5.91 Å². The number of amides is 1. The minimum absolute atomic E-state index is 0.329. The predicted octanol–water partition coefficient (Wildman–Crippen LogP) is 6.59. The summed E-state index contributed by atoms with van der Waals surface area (Å²) in [7, 11) is 1.60. The Hall–Kier alpha value is -4.08. The van der Waals surface area contributed by atoms with E-state index in [-0.39, 0.29) is 0 Å². The monoisotopic (exact) mass is 573 g/mol. The number of hydrogen-bond donors (Lipinski definition) is 1. The summed E-state index contributed by atoms with van der Waals surface area (Å²) in [6.45, 7) is -0.445. The van der Waals surface area contributed by atoms with Crippen LogP contribution in [0.5, 0.6) is 5.75 Å².